The molecule has 0 fully saturated rings. The SMILES string of the molecule is Cc1cc(-c2nc3ccccc3s2)ccc1NC(=O)c1cccs1. The van der Waals surface area contributed by atoms with E-state index in [1.807, 2.05) is 54.8 Å². The summed E-state index contributed by atoms with van der Waals surface area (Å²) in [5, 5.41) is 5.87. The molecule has 2 aromatic heterocycles. The molecular weight excluding hydrogens is 336 g/mol. The molecule has 0 saturated heterocycles. The van der Waals surface area contributed by atoms with Crippen LogP contribution >= 0.6 is 22.7 Å². The predicted octanol–water partition coefficient (Wildman–Crippen LogP) is 5.59. The predicted molar refractivity (Wildman–Crippen MR) is 102 cm³/mol. The average molecular weight is 350 g/mol. The molecule has 4 aromatic rings. The van der Waals surface area contributed by atoms with Crippen LogP contribution in [0.15, 0.2) is 60.0 Å². The van der Waals surface area contributed by atoms with Crippen LogP contribution in [0.1, 0.15) is 15.2 Å². The Morgan fingerprint density at radius 3 is 2.71 bits per heavy atom. The first kappa shape index (κ1) is 15.1. The van der Waals surface area contributed by atoms with Gasteiger partial charge in [0, 0.05) is 11.3 Å². The Labute approximate surface area is 147 Å². The molecule has 1 N–H and O–H groups in total. The first-order valence-electron chi connectivity index (χ1n) is 7.52. The third-order valence-corrected chi connectivity index (χ3v) is 5.71. The highest BCUT2D eigenvalue weighted by Gasteiger charge is 2.11. The Hall–Kier alpha value is -2.50. The van der Waals surface area contributed by atoms with Crippen molar-refractivity contribution in [3.8, 4) is 10.6 Å². The number of nitrogens with zero attached hydrogens (tertiary/aromatic N) is 1. The van der Waals surface area contributed by atoms with Crippen LogP contribution in [-0.4, -0.2) is 10.9 Å². The van der Waals surface area contributed by atoms with Crippen LogP contribution in [0.3, 0.4) is 0 Å². The number of para-hydroxylation sites is 1. The monoisotopic (exact) mass is 350 g/mol. The van der Waals surface area contributed by atoms with Crippen LogP contribution in [0, 0.1) is 6.92 Å². The van der Waals surface area contributed by atoms with Gasteiger partial charge in [0.15, 0.2) is 0 Å². The maximum atomic E-state index is 12.2. The summed E-state index contributed by atoms with van der Waals surface area (Å²) < 4.78 is 1.18. The van der Waals surface area contributed by atoms with Gasteiger partial charge in [-0.05, 0) is 54.3 Å². The number of fused-ring (bicyclic) bond motifs is 1. The molecular formula is C19H14N2OS2. The second-order valence-corrected chi connectivity index (χ2v) is 7.43. The number of rotatable bonds is 3. The van der Waals surface area contributed by atoms with Gasteiger partial charge in [0.25, 0.3) is 5.91 Å². The van der Waals surface area contributed by atoms with E-state index in [0.717, 1.165) is 27.3 Å². The number of hydrogen-bond acceptors (Lipinski definition) is 4. The number of thiophene rings is 1. The van der Waals surface area contributed by atoms with Crippen LogP contribution in [0.2, 0.25) is 0 Å². The number of benzene rings is 2. The topological polar surface area (TPSA) is 42.0 Å². The highest BCUT2D eigenvalue weighted by atomic mass is 32.1. The summed E-state index contributed by atoms with van der Waals surface area (Å²) in [6.07, 6.45) is 0. The summed E-state index contributed by atoms with van der Waals surface area (Å²) >= 11 is 3.12. The fraction of sp³-hybridized carbons (Fsp3) is 0.0526. The summed E-state index contributed by atoms with van der Waals surface area (Å²) in [4.78, 5) is 17.6. The third kappa shape index (κ3) is 2.84. The fourth-order valence-electron chi connectivity index (χ4n) is 2.52. The van der Waals surface area contributed by atoms with E-state index in [2.05, 4.69) is 22.4 Å². The van der Waals surface area contributed by atoms with E-state index in [1.165, 1.54) is 16.0 Å². The molecule has 1 amide bonds. The molecule has 0 saturated carbocycles. The second-order valence-electron chi connectivity index (χ2n) is 5.45. The van der Waals surface area contributed by atoms with Gasteiger partial charge < -0.3 is 5.32 Å². The van der Waals surface area contributed by atoms with E-state index >= 15 is 0 Å². The van der Waals surface area contributed by atoms with E-state index in [0.29, 0.717) is 4.88 Å². The number of carbonyl (C=O) groups is 1. The van der Waals surface area contributed by atoms with Crippen molar-refractivity contribution >= 4 is 44.5 Å². The van der Waals surface area contributed by atoms with Crippen molar-refractivity contribution in [3.05, 3.63) is 70.4 Å². The number of nitrogens with one attached hydrogen (secondary N) is 1. The lowest BCUT2D eigenvalue weighted by Gasteiger charge is -2.08. The van der Waals surface area contributed by atoms with E-state index in [-0.39, 0.29) is 5.91 Å². The lowest BCUT2D eigenvalue weighted by molar-refractivity contribution is 0.103. The zero-order chi connectivity index (χ0) is 16.5. The fourth-order valence-corrected chi connectivity index (χ4v) is 4.11. The van der Waals surface area contributed by atoms with Crippen molar-refractivity contribution in [2.75, 3.05) is 5.32 Å². The van der Waals surface area contributed by atoms with E-state index < -0.39 is 0 Å². The zero-order valence-electron chi connectivity index (χ0n) is 12.9. The van der Waals surface area contributed by atoms with Crippen LogP contribution in [0.4, 0.5) is 5.69 Å². The molecule has 5 heteroatoms. The minimum absolute atomic E-state index is 0.0687. The molecule has 0 aliphatic heterocycles. The molecule has 3 nitrogen and oxygen atoms in total. The number of aryl methyl sites for hydroxylation is 1. The first-order valence-corrected chi connectivity index (χ1v) is 9.22. The summed E-state index contributed by atoms with van der Waals surface area (Å²) in [6.45, 7) is 2.00. The zero-order valence-corrected chi connectivity index (χ0v) is 14.6. The summed E-state index contributed by atoms with van der Waals surface area (Å²) in [6, 6.07) is 17.9. The van der Waals surface area contributed by atoms with Gasteiger partial charge in [-0.3, -0.25) is 4.79 Å². The number of hydrogen-bond donors (Lipinski definition) is 1. The second kappa shape index (κ2) is 6.19. The van der Waals surface area contributed by atoms with Crippen molar-refractivity contribution in [1.29, 1.82) is 0 Å². The van der Waals surface area contributed by atoms with Crippen molar-refractivity contribution in [1.82, 2.24) is 4.98 Å². The van der Waals surface area contributed by atoms with Gasteiger partial charge in [-0.25, -0.2) is 4.98 Å². The number of thiazole rings is 1. The quantitative estimate of drug-likeness (QED) is 0.523. The molecule has 2 heterocycles. The normalized spacial score (nSPS) is 10.9. The van der Waals surface area contributed by atoms with Crippen LogP contribution in [-0.2, 0) is 0 Å². The van der Waals surface area contributed by atoms with Crippen LogP contribution < -0.4 is 5.32 Å². The van der Waals surface area contributed by atoms with Gasteiger partial charge in [-0.2, -0.15) is 0 Å². The number of anilines is 1. The Bertz CT molecular complexity index is 986. The van der Waals surface area contributed by atoms with Gasteiger partial charge >= 0.3 is 0 Å². The minimum atomic E-state index is -0.0687. The largest absolute Gasteiger partial charge is 0.321 e. The lowest BCUT2D eigenvalue weighted by Crippen LogP contribution is -2.11. The minimum Gasteiger partial charge on any atom is -0.321 e. The molecule has 0 aliphatic rings. The highest BCUT2D eigenvalue weighted by molar-refractivity contribution is 7.21. The Kier molecular flexibility index (Phi) is 3.88. The van der Waals surface area contributed by atoms with Crippen molar-refractivity contribution in [2.24, 2.45) is 0 Å². The van der Waals surface area contributed by atoms with Crippen LogP contribution in [0.25, 0.3) is 20.8 Å². The standard InChI is InChI=1S/C19H14N2OS2/c1-12-11-13(19-21-15-5-2-3-6-16(15)24-19)8-9-14(12)20-18(22)17-7-4-10-23-17/h2-11H,1H3,(H,20,22). The van der Waals surface area contributed by atoms with E-state index in [4.69, 9.17) is 0 Å². The molecule has 4 rings (SSSR count). The van der Waals surface area contributed by atoms with Crippen molar-refractivity contribution < 1.29 is 4.79 Å². The molecule has 0 radical (unpaired) electrons. The van der Waals surface area contributed by atoms with E-state index in [1.54, 1.807) is 11.3 Å². The lowest BCUT2D eigenvalue weighted by atomic mass is 10.1. The smallest absolute Gasteiger partial charge is 0.265 e. The van der Waals surface area contributed by atoms with E-state index in [9.17, 15) is 4.79 Å². The summed E-state index contributed by atoms with van der Waals surface area (Å²) in [5.41, 5.74) is 3.95. The Morgan fingerprint density at radius 2 is 1.96 bits per heavy atom. The molecule has 0 spiro atoms. The van der Waals surface area contributed by atoms with Gasteiger partial charge in [0.05, 0.1) is 15.1 Å². The Balaban J connectivity index is 1.63. The maximum Gasteiger partial charge on any atom is 0.265 e. The van der Waals surface area contributed by atoms with Crippen molar-refractivity contribution in [3.63, 3.8) is 0 Å². The summed E-state index contributed by atoms with van der Waals surface area (Å²) in [5.74, 6) is -0.0687. The third-order valence-electron chi connectivity index (χ3n) is 3.76. The van der Waals surface area contributed by atoms with Gasteiger partial charge in [-0.1, -0.05) is 18.2 Å². The molecule has 118 valence electrons. The summed E-state index contributed by atoms with van der Waals surface area (Å²) in [7, 11) is 0. The van der Waals surface area contributed by atoms with Crippen molar-refractivity contribution in [2.45, 2.75) is 6.92 Å². The molecule has 0 unspecified atom stereocenters. The maximum absolute atomic E-state index is 12.2. The highest BCUT2D eigenvalue weighted by Crippen LogP contribution is 2.32. The molecule has 24 heavy (non-hydrogen) atoms. The molecule has 2 aromatic carbocycles. The van der Waals surface area contributed by atoms with Gasteiger partial charge in [-0.15, -0.1) is 22.7 Å². The molecule has 0 atom stereocenters. The molecule has 0 bridgehead atoms. The Morgan fingerprint density at radius 1 is 1.08 bits per heavy atom. The van der Waals surface area contributed by atoms with Gasteiger partial charge in [0.2, 0.25) is 0 Å². The number of aromatic nitrogens is 1. The average Bonchev–Trinajstić information content (AvgIpc) is 3.26. The van der Waals surface area contributed by atoms with Crippen LogP contribution in [0.5, 0.6) is 0 Å². The first-order chi connectivity index (χ1) is 11.7. The molecule has 0 aliphatic carbocycles. The number of amides is 1. The number of carbonyl (C=O) groups excluding carboxylic acids is 1. The van der Waals surface area contributed by atoms with Gasteiger partial charge in [0.1, 0.15) is 5.01 Å².